The number of benzene rings is 2. The lowest BCUT2D eigenvalue weighted by Gasteiger charge is -2.29. The van der Waals surface area contributed by atoms with E-state index in [-0.39, 0.29) is 18.0 Å². The van der Waals surface area contributed by atoms with Crippen LogP contribution in [0.2, 0.25) is 0 Å². The Balaban J connectivity index is 1.50. The molecule has 1 fully saturated rings. The van der Waals surface area contributed by atoms with Gasteiger partial charge in [-0.15, -0.1) is 0 Å². The standard InChI is InChI=1S/C32H35N5OS/c1-20-14-15-21(2)27(19-20)34-28(38)16-18-36-31(30(35-32(36)39)26-13-9-10-17-33-26)29-22(3)23(4)37(24(29)5)25-11-7-6-8-12-25/h6-15,17,19,30-31H,16,18H2,1-5H3,(H,34,38)(H,35,39)/t30-,31+/m1/s1. The van der Waals surface area contributed by atoms with Crippen LogP contribution in [-0.4, -0.2) is 32.0 Å². The first kappa shape index (κ1) is 26.6. The Hall–Kier alpha value is -3.97. The third-order valence-corrected chi connectivity index (χ3v) is 8.11. The quantitative estimate of drug-likeness (QED) is 0.267. The second kappa shape index (κ2) is 11.0. The highest BCUT2D eigenvalue weighted by atomic mass is 32.1. The van der Waals surface area contributed by atoms with Gasteiger partial charge in [-0.05, 0) is 93.9 Å². The van der Waals surface area contributed by atoms with Gasteiger partial charge in [-0.3, -0.25) is 9.78 Å². The molecule has 1 amide bonds. The van der Waals surface area contributed by atoms with Crippen molar-refractivity contribution in [1.29, 1.82) is 0 Å². The Kier molecular flexibility index (Phi) is 7.53. The fourth-order valence-electron chi connectivity index (χ4n) is 5.67. The maximum absolute atomic E-state index is 13.1. The average Bonchev–Trinajstić information content (AvgIpc) is 3.37. The lowest BCUT2D eigenvalue weighted by molar-refractivity contribution is -0.116. The molecule has 0 unspecified atom stereocenters. The summed E-state index contributed by atoms with van der Waals surface area (Å²) in [7, 11) is 0. The second-order valence-electron chi connectivity index (χ2n) is 10.3. The van der Waals surface area contributed by atoms with Gasteiger partial charge in [0.2, 0.25) is 5.91 Å². The van der Waals surface area contributed by atoms with Crippen LogP contribution in [0.5, 0.6) is 0 Å². The maximum Gasteiger partial charge on any atom is 0.226 e. The van der Waals surface area contributed by atoms with Crippen LogP contribution >= 0.6 is 12.2 Å². The van der Waals surface area contributed by atoms with Crippen molar-refractivity contribution in [3.05, 3.63) is 112 Å². The van der Waals surface area contributed by atoms with Crippen molar-refractivity contribution in [2.45, 2.75) is 53.1 Å². The number of thiocarbonyl (C=S) groups is 1. The number of anilines is 1. The van der Waals surface area contributed by atoms with Crippen LogP contribution in [0.15, 0.2) is 72.9 Å². The van der Waals surface area contributed by atoms with Gasteiger partial charge < -0.3 is 20.1 Å². The molecule has 0 spiro atoms. The number of aryl methyl sites for hydroxylation is 2. The number of pyridine rings is 1. The molecule has 4 aromatic rings. The highest BCUT2D eigenvalue weighted by molar-refractivity contribution is 7.80. The number of carbonyl (C=O) groups excluding carboxylic acids is 1. The summed E-state index contributed by atoms with van der Waals surface area (Å²) in [5.41, 5.74) is 9.87. The Morgan fingerprint density at radius 1 is 0.974 bits per heavy atom. The minimum atomic E-state index is -0.135. The van der Waals surface area contributed by atoms with Crippen molar-refractivity contribution < 1.29 is 4.79 Å². The van der Waals surface area contributed by atoms with Gasteiger partial charge in [-0.1, -0.05) is 36.4 Å². The Labute approximate surface area is 236 Å². The van der Waals surface area contributed by atoms with Crippen LogP contribution in [-0.2, 0) is 4.79 Å². The smallest absolute Gasteiger partial charge is 0.226 e. The van der Waals surface area contributed by atoms with E-state index in [2.05, 4.69) is 76.2 Å². The molecule has 0 aliphatic carbocycles. The summed E-state index contributed by atoms with van der Waals surface area (Å²) in [6.07, 6.45) is 2.13. The minimum absolute atomic E-state index is 0.0296. The summed E-state index contributed by atoms with van der Waals surface area (Å²) in [6.45, 7) is 11.0. The van der Waals surface area contributed by atoms with E-state index in [0.29, 0.717) is 18.1 Å². The van der Waals surface area contributed by atoms with Gasteiger partial charge in [0, 0.05) is 47.5 Å². The average molecular weight is 538 g/mol. The molecule has 1 aliphatic rings. The molecule has 7 heteroatoms. The molecule has 0 radical (unpaired) electrons. The SMILES string of the molecule is Cc1ccc(C)c(NC(=O)CCN2C(=S)N[C@H](c3ccccn3)[C@@H]2c2c(C)c(C)n(-c3ccccc3)c2C)c1. The van der Waals surface area contributed by atoms with Crippen molar-refractivity contribution in [3.63, 3.8) is 0 Å². The summed E-state index contributed by atoms with van der Waals surface area (Å²) in [4.78, 5) is 19.9. The third-order valence-electron chi connectivity index (χ3n) is 7.76. The van der Waals surface area contributed by atoms with Gasteiger partial charge in [-0.25, -0.2) is 0 Å². The summed E-state index contributed by atoms with van der Waals surface area (Å²) >= 11 is 5.88. The number of rotatable bonds is 7. The number of aromatic nitrogens is 2. The molecule has 1 aliphatic heterocycles. The van der Waals surface area contributed by atoms with Gasteiger partial charge >= 0.3 is 0 Å². The lowest BCUT2D eigenvalue weighted by atomic mass is 9.93. The Morgan fingerprint density at radius 2 is 1.72 bits per heavy atom. The molecule has 2 aromatic carbocycles. The zero-order valence-corrected chi connectivity index (χ0v) is 24.0. The Morgan fingerprint density at radius 3 is 2.44 bits per heavy atom. The van der Waals surface area contributed by atoms with Crippen LogP contribution in [0, 0.1) is 34.6 Å². The molecule has 200 valence electrons. The number of nitrogens with one attached hydrogen (secondary N) is 2. The second-order valence-corrected chi connectivity index (χ2v) is 10.7. The van der Waals surface area contributed by atoms with Crippen LogP contribution in [0.4, 0.5) is 5.69 Å². The van der Waals surface area contributed by atoms with E-state index in [9.17, 15) is 4.79 Å². The summed E-state index contributed by atoms with van der Waals surface area (Å²) < 4.78 is 2.31. The molecule has 5 rings (SSSR count). The number of hydrogen-bond acceptors (Lipinski definition) is 3. The zero-order chi connectivity index (χ0) is 27.7. The fraction of sp³-hybridized carbons (Fsp3) is 0.281. The van der Waals surface area contributed by atoms with E-state index >= 15 is 0 Å². The van der Waals surface area contributed by atoms with Gasteiger partial charge in [0.15, 0.2) is 5.11 Å². The first-order valence-corrected chi connectivity index (χ1v) is 13.8. The lowest BCUT2D eigenvalue weighted by Crippen LogP contribution is -2.33. The molecule has 2 aromatic heterocycles. The number of carbonyl (C=O) groups is 1. The van der Waals surface area contributed by atoms with Crippen molar-refractivity contribution in [2.75, 3.05) is 11.9 Å². The number of hydrogen-bond donors (Lipinski definition) is 2. The number of para-hydroxylation sites is 1. The van der Waals surface area contributed by atoms with Crippen molar-refractivity contribution >= 4 is 28.9 Å². The molecule has 0 saturated carbocycles. The van der Waals surface area contributed by atoms with Crippen LogP contribution in [0.25, 0.3) is 5.69 Å². The van der Waals surface area contributed by atoms with E-state index in [0.717, 1.165) is 28.2 Å². The monoisotopic (exact) mass is 537 g/mol. The maximum atomic E-state index is 13.1. The largest absolute Gasteiger partial charge is 0.352 e. The highest BCUT2D eigenvalue weighted by Crippen LogP contribution is 2.43. The zero-order valence-electron chi connectivity index (χ0n) is 23.2. The first-order chi connectivity index (χ1) is 18.8. The van der Waals surface area contributed by atoms with Crippen LogP contribution in [0.3, 0.4) is 0 Å². The Bertz CT molecular complexity index is 1510. The third kappa shape index (κ3) is 5.19. The molecule has 2 N–H and O–H groups in total. The molecule has 1 saturated heterocycles. The van der Waals surface area contributed by atoms with E-state index in [1.54, 1.807) is 0 Å². The van der Waals surface area contributed by atoms with Gasteiger partial charge in [0.25, 0.3) is 0 Å². The van der Waals surface area contributed by atoms with Crippen LogP contribution in [0.1, 0.15) is 57.8 Å². The van der Waals surface area contributed by atoms with E-state index in [1.807, 2.05) is 56.4 Å². The van der Waals surface area contributed by atoms with Gasteiger partial charge in [0.1, 0.15) is 0 Å². The molecule has 3 heterocycles. The highest BCUT2D eigenvalue weighted by Gasteiger charge is 2.42. The first-order valence-electron chi connectivity index (χ1n) is 13.3. The summed E-state index contributed by atoms with van der Waals surface area (Å²) in [6, 6.07) is 22.2. The van der Waals surface area contributed by atoms with Crippen LogP contribution < -0.4 is 10.6 Å². The normalized spacial score (nSPS) is 16.8. The summed E-state index contributed by atoms with van der Waals surface area (Å²) in [5.74, 6) is -0.0296. The number of amides is 1. The van der Waals surface area contributed by atoms with Gasteiger partial charge in [0.05, 0.1) is 17.8 Å². The fourth-order valence-corrected chi connectivity index (χ4v) is 6.00. The molecule has 0 bridgehead atoms. The van der Waals surface area contributed by atoms with Crippen molar-refractivity contribution in [2.24, 2.45) is 0 Å². The molecule has 2 atom stereocenters. The van der Waals surface area contributed by atoms with Crippen molar-refractivity contribution in [3.8, 4) is 5.69 Å². The number of nitrogens with zero attached hydrogens (tertiary/aromatic N) is 3. The topological polar surface area (TPSA) is 62.2 Å². The predicted octanol–water partition coefficient (Wildman–Crippen LogP) is 6.42. The minimum Gasteiger partial charge on any atom is -0.352 e. The molecule has 6 nitrogen and oxygen atoms in total. The van der Waals surface area contributed by atoms with Gasteiger partial charge in [-0.2, -0.15) is 0 Å². The molecular formula is C32H35N5OS. The summed E-state index contributed by atoms with van der Waals surface area (Å²) in [5, 5.41) is 7.27. The molecular weight excluding hydrogens is 502 g/mol. The van der Waals surface area contributed by atoms with E-state index in [4.69, 9.17) is 12.2 Å². The predicted molar refractivity (Wildman–Crippen MR) is 161 cm³/mol. The van der Waals surface area contributed by atoms with Crippen molar-refractivity contribution in [1.82, 2.24) is 19.8 Å². The molecule has 39 heavy (non-hydrogen) atoms. The van der Waals surface area contributed by atoms with E-state index in [1.165, 1.54) is 22.5 Å². The van der Waals surface area contributed by atoms with E-state index < -0.39 is 0 Å².